The van der Waals surface area contributed by atoms with E-state index < -0.39 is 5.97 Å². The minimum absolute atomic E-state index is 0.242. The molecule has 1 N–H and O–H groups in total. The normalized spacial score (nSPS) is 11.1. The van der Waals surface area contributed by atoms with Crippen molar-refractivity contribution in [3.8, 4) is 16.9 Å². The van der Waals surface area contributed by atoms with Gasteiger partial charge in [-0.3, -0.25) is 0 Å². The number of aromatic nitrogens is 1. The monoisotopic (exact) mass is 385 g/mol. The molecule has 0 spiro atoms. The van der Waals surface area contributed by atoms with Gasteiger partial charge in [-0.15, -0.1) is 0 Å². The van der Waals surface area contributed by atoms with Gasteiger partial charge in [-0.2, -0.15) is 0 Å². The lowest BCUT2D eigenvalue weighted by Crippen LogP contribution is -2.01. The number of fused-ring (bicyclic) bond motifs is 1. The van der Waals surface area contributed by atoms with Crippen molar-refractivity contribution in [1.82, 2.24) is 4.40 Å². The number of rotatable bonds is 6. The van der Waals surface area contributed by atoms with Gasteiger partial charge in [0, 0.05) is 18.0 Å². The van der Waals surface area contributed by atoms with Crippen LogP contribution in [0.25, 0.3) is 16.6 Å². The fraction of sp³-hybridized carbons (Fsp3) is 0.160. The topological polar surface area (TPSA) is 50.9 Å². The van der Waals surface area contributed by atoms with E-state index in [1.165, 1.54) is 0 Å². The maximum Gasteiger partial charge on any atom is 0.338 e. The summed E-state index contributed by atoms with van der Waals surface area (Å²) < 4.78 is 7.95. The molecule has 0 unspecified atom stereocenters. The highest BCUT2D eigenvalue weighted by atomic mass is 16.5. The molecule has 0 saturated carbocycles. The van der Waals surface area contributed by atoms with Crippen molar-refractivity contribution in [2.75, 3.05) is 0 Å². The lowest BCUT2D eigenvalue weighted by atomic mass is 9.95. The smallest absolute Gasteiger partial charge is 0.338 e. The highest BCUT2D eigenvalue weighted by Crippen LogP contribution is 2.35. The standard InChI is InChI=1S/C25H23NO3/c1-17(2)20-14-19(11-12-23(20)29-16-18-8-4-3-5-9-18)21-15-26-13-7-6-10-22(26)24(21)25(27)28/h3-15,17H,16H2,1-2H3,(H,27,28). The highest BCUT2D eigenvalue weighted by Gasteiger charge is 2.20. The summed E-state index contributed by atoms with van der Waals surface area (Å²) in [6.45, 7) is 4.72. The number of carboxylic acid groups (broad SMARTS) is 1. The average Bonchev–Trinajstić information content (AvgIpc) is 3.12. The quantitative estimate of drug-likeness (QED) is 0.442. The van der Waals surface area contributed by atoms with E-state index >= 15 is 0 Å². The number of hydrogen-bond donors (Lipinski definition) is 1. The van der Waals surface area contributed by atoms with E-state index in [0.29, 0.717) is 23.3 Å². The zero-order valence-electron chi connectivity index (χ0n) is 16.5. The molecule has 0 aliphatic rings. The first-order chi connectivity index (χ1) is 14.0. The summed E-state index contributed by atoms with van der Waals surface area (Å²) >= 11 is 0. The maximum atomic E-state index is 12.0. The summed E-state index contributed by atoms with van der Waals surface area (Å²) in [4.78, 5) is 12.0. The van der Waals surface area contributed by atoms with Crippen LogP contribution in [-0.4, -0.2) is 15.5 Å². The summed E-state index contributed by atoms with van der Waals surface area (Å²) in [5, 5.41) is 9.82. The molecule has 2 aromatic carbocycles. The third-order valence-corrected chi connectivity index (χ3v) is 5.08. The first kappa shape index (κ1) is 18.8. The number of carboxylic acids is 1. The first-order valence-electron chi connectivity index (χ1n) is 9.68. The molecule has 2 heterocycles. The van der Waals surface area contributed by atoms with Crippen molar-refractivity contribution >= 4 is 11.5 Å². The van der Waals surface area contributed by atoms with Crippen LogP contribution in [-0.2, 0) is 6.61 Å². The highest BCUT2D eigenvalue weighted by molar-refractivity contribution is 6.03. The van der Waals surface area contributed by atoms with Crippen LogP contribution in [0.3, 0.4) is 0 Å². The molecule has 4 aromatic rings. The number of ether oxygens (including phenoxy) is 1. The largest absolute Gasteiger partial charge is 0.489 e. The van der Waals surface area contributed by atoms with Gasteiger partial charge in [0.25, 0.3) is 0 Å². The molecule has 4 nitrogen and oxygen atoms in total. The van der Waals surface area contributed by atoms with Gasteiger partial charge in [-0.05, 0) is 46.9 Å². The molecule has 0 bridgehead atoms. The van der Waals surface area contributed by atoms with E-state index in [1.807, 2.05) is 83.5 Å². The number of nitrogens with zero attached hydrogens (tertiary/aromatic N) is 1. The molecule has 4 rings (SSSR count). The Labute approximate surface area is 170 Å². The second kappa shape index (κ2) is 7.84. The van der Waals surface area contributed by atoms with E-state index in [-0.39, 0.29) is 5.92 Å². The molecular weight excluding hydrogens is 362 g/mol. The zero-order chi connectivity index (χ0) is 20.4. The van der Waals surface area contributed by atoms with Gasteiger partial charge in [0.1, 0.15) is 12.4 Å². The molecule has 0 aliphatic heterocycles. The van der Waals surface area contributed by atoms with Crippen LogP contribution in [0.4, 0.5) is 0 Å². The summed E-state index contributed by atoms with van der Waals surface area (Å²) in [6, 6.07) is 21.6. The van der Waals surface area contributed by atoms with Crippen LogP contribution in [0.15, 0.2) is 79.1 Å². The number of hydrogen-bond acceptors (Lipinski definition) is 2. The minimum Gasteiger partial charge on any atom is -0.489 e. The molecule has 2 aromatic heterocycles. The van der Waals surface area contributed by atoms with Crippen molar-refractivity contribution < 1.29 is 14.6 Å². The Hall–Kier alpha value is -3.53. The van der Waals surface area contributed by atoms with Gasteiger partial charge >= 0.3 is 5.97 Å². The number of benzene rings is 2. The summed E-state index contributed by atoms with van der Waals surface area (Å²) in [7, 11) is 0. The summed E-state index contributed by atoms with van der Waals surface area (Å²) in [5.41, 5.74) is 4.76. The second-order valence-corrected chi connectivity index (χ2v) is 7.40. The lowest BCUT2D eigenvalue weighted by Gasteiger charge is -2.16. The maximum absolute atomic E-state index is 12.0. The van der Waals surface area contributed by atoms with Crippen molar-refractivity contribution in [3.05, 3.63) is 95.8 Å². The Morgan fingerprint density at radius 3 is 2.52 bits per heavy atom. The van der Waals surface area contributed by atoms with Crippen LogP contribution in [0, 0.1) is 0 Å². The van der Waals surface area contributed by atoms with Gasteiger partial charge in [-0.1, -0.05) is 56.3 Å². The van der Waals surface area contributed by atoms with Gasteiger partial charge in [0.15, 0.2) is 0 Å². The SMILES string of the molecule is CC(C)c1cc(-c2cn3ccccc3c2C(=O)O)ccc1OCc1ccccc1. The first-order valence-corrected chi connectivity index (χ1v) is 9.68. The lowest BCUT2D eigenvalue weighted by molar-refractivity contribution is 0.0700. The van der Waals surface area contributed by atoms with E-state index in [4.69, 9.17) is 4.74 Å². The summed E-state index contributed by atoms with van der Waals surface area (Å²) in [6.07, 6.45) is 3.74. The molecule has 29 heavy (non-hydrogen) atoms. The van der Waals surface area contributed by atoms with Crippen molar-refractivity contribution in [3.63, 3.8) is 0 Å². The number of carbonyl (C=O) groups is 1. The molecule has 0 atom stereocenters. The number of pyridine rings is 1. The van der Waals surface area contributed by atoms with E-state index in [0.717, 1.165) is 22.4 Å². The molecule has 0 amide bonds. The molecule has 0 saturated heterocycles. The predicted octanol–water partition coefficient (Wildman–Crippen LogP) is 6.01. The van der Waals surface area contributed by atoms with Crippen LogP contribution in [0.1, 0.15) is 41.3 Å². The van der Waals surface area contributed by atoms with E-state index in [2.05, 4.69) is 13.8 Å². The Balaban J connectivity index is 1.74. The molecule has 4 heteroatoms. The Bertz CT molecular complexity index is 1160. The second-order valence-electron chi connectivity index (χ2n) is 7.40. The van der Waals surface area contributed by atoms with Crippen LogP contribution >= 0.6 is 0 Å². The molecule has 0 fully saturated rings. The van der Waals surface area contributed by atoms with Gasteiger partial charge < -0.3 is 14.2 Å². The van der Waals surface area contributed by atoms with Gasteiger partial charge in [0.05, 0.1) is 11.1 Å². The molecule has 0 aliphatic carbocycles. The zero-order valence-corrected chi connectivity index (χ0v) is 16.5. The molecule has 146 valence electrons. The Kier molecular flexibility index (Phi) is 5.09. The Morgan fingerprint density at radius 1 is 1.03 bits per heavy atom. The number of aromatic carboxylic acids is 1. The van der Waals surface area contributed by atoms with Gasteiger partial charge in [-0.25, -0.2) is 4.79 Å². The molecule has 0 radical (unpaired) electrons. The summed E-state index contributed by atoms with van der Waals surface area (Å²) in [5.74, 6) is 0.142. The van der Waals surface area contributed by atoms with Crippen molar-refractivity contribution in [1.29, 1.82) is 0 Å². The van der Waals surface area contributed by atoms with Crippen LogP contribution in [0.5, 0.6) is 5.75 Å². The van der Waals surface area contributed by atoms with Crippen molar-refractivity contribution in [2.24, 2.45) is 0 Å². The van der Waals surface area contributed by atoms with Gasteiger partial charge in [0.2, 0.25) is 0 Å². The molecular formula is C25H23NO3. The fourth-order valence-electron chi connectivity index (χ4n) is 3.60. The minimum atomic E-state index is -0.927. The average molecular weight is 385 g/mol. The van der Waals surface area contributed by atoms with E-state index in [1.54, 1.807) is 0 Å². The Morgan fingerprint density at radius 2 is 1.79 bits per heavy atom. The fourth-order valence-corrected chi connectivity index (χ4v) is 3.60. The third-order valence-electron chi connectivity index (χ3n) is 5.08. The third kappa shape index (κ3) is 3.74. The predicted molar refractivity (Wildman–Crippen MR) is 115 cm³/mol. The van der Waals surface area contributed by atoms with Crippen molar-refractivity contribution in [2.45, 2.75) is 26.4 Å². The van der Waals surface area contributed by atoms with E-state index in [9.17, 15) is 9.90 Å². The van der Waals surface area contributed by atoms with Crippen LogP contribution in [0.2, 0.25) is 0 Å². The van der Waals surface area contributed by atoms with Crippen LogP contribution < -0.4 is 4.74 Å².